The highest BCUT2D eigenvalue weighted by molar-refractivity contribution is 6.03. The molecule has 1 heterocycles. The van der Waals surface area contributed by atoms with Crippen LogP contribution in [0, 0.1) is 13.8 Å². The third-order valence-electron chi connectivity index (χ3n) is 3.14. The highest BCUT2D eigenvalue weighted by Crippen LogP contribution is 2.19. The maximum Gasteiger partial charge on any atom is 0.272 e. The summed E-state index contributed by atoms with van der Waals surface area (Å²) in [6, 6.07) is 10.5. The second kappa shape index (κ2) is 5.10. The second-order valence-electron chi connectivity index (χ2n) is 4.53. The summed E-state index contributed by atoms with van der Waals surface area (Å²) in [4.78, 5) is 23.7. The molecule has 0 aliphatic carbocycles. The minimum atomic E-state index is -0.280. The fraction of sp³-hybridized carbons (Fsp3) is 0.200. The van der Waals surface area contributed by atoms with E-state index in [9.17, 15) is 9.59 Å². The number of para-hydroxylation sites is 1. The number of pyridine rings is 1. The lowest BCUT2D eigenvalue weighted by atomic mass is 10.1. The lowest BCUT2D eigenvalue weighted by Crippen LogP contribution is -2.25. The van der Waals surface area contributed by atoms with Gasteiger partial charge < -0.3 is 9.88 Å². The summed E-state index contributed by atoms with van der Waals surface area (Å²) >= 11 is 0. The van der Waals surface area contributed by atoms with Crippen LogP contribution in [0.5, 0.6) is 0 Å². The Kier molecular flexibility index (Phi) is 3.51. The molecule has 98 valence electrons. The number of carbonyl (C=O) groups excluding carboxylic acids is 1. The zero-order valence-electron chi connectivity index (χ0n) is 11.2. The van der Waals surface area contributed by atoms with Gasteiger partial charge in [-0.15, -0.1) is 0 Å². The Morgan fingerprint density at radius 1 is 1.05 bits per heavy atom. The molecule has 0 unspecified atom stereocenters. The highest BCUT2D eigenvalue weighted by atomic mass is 16.2. The summed E-state index contributed by atoms with van der Waals surface area (Å²) < 4.78 is 1.34. The van der Waals surface area contributed by atoms with E-state index < -0.39 is 0 Å². The van der Waals surface area contributed by atoms with Crippen LogP contribution < -0.4 is 10.9 Å². The van der Waals surface area contributed by atoms with Crippen molar-refractivity contribution in [3.05, 3.63) is 63.6 Å². The van der Waals surface area contributed by atoms with Gasteiger partial charge in [0.25, 0.3) is 11.5 Å². The van der Waals surface area contributed by atoms with Gasteiger partial charge in [0.2, 0.25) is 0 Å². The topological polar surface area (TPSA) is 51.1 Å². The number of hydrogen-bond acceptors (Lipinski definition) is 2. The van der Waals surface area contributed by atoms with Crippen molar-refractivity contribution < 1.29 is 4.79 Å². The van der Waals surface area contributed by atoms with Crippen LogP contribution in [0.4, 0.5) is 5.69 Å². The van der Waals surface area contributed by atoms with Crippen LogP contribution in [0.1, 0.15) is 21.6 Å². The van der Waals surface area contributed by atoms with Crippen molar-refractivity contribution in [2.45, 2.75) is 13.8 Å². The molecule has 1 aromatic heterocycles. The monoisotopic (exact) mass is 256 g/mol. The molecule has 0 atom stereocenters. The van der Waals surface area contributed by atoms with Gasteiger partial charge in [-0.3, -0.25) is 9.59 Å². The molecule has 0 saturated carbocycles. The van der Waals surface area contributed by atoms with Crippen LogP contribution in [0.25, 0.3) is 0 Å². The summed E-state index contributed by atoms with van der Waals surface area (Å²) in [5.74, 6) is -0.280. The first-order valence-electron chi connectivity index (χ1n) is 6.04. The zero-order valence-corrected chi connectivity index (χ0v) is 11.2. The van der Waals surface area contributed by atoms with E-state index in [4.69, 9.17) is 0 Å². The lowest BCUT2D eigenvalue weighted by molar-refractivity contribution is 0.101. The van der Waals surface area contributed by atoms with Gasteiger partial charge in [0.15, 0.2) is 0 Å². The van der Waals surface area contributed by atoms with E-state index in [2.05, 4.69) is 5.32 Å². The van der Waals surface area contributed by atoms with E-state index in [1.165, 1.54) is 10.6 Å². The average molecular weight is 256 g/mol. The van der Waals surface area contributed by atoms with Gasteiger partial charge in [0.05, 0.1) is 0 Å². The molecule has 0 bridgehead atoms. The molecule has 1 aromatic carbocycles. The molecule has 4 heteroatoms. The van der Waals surface area contributed by atoms with E-state index in [-0.39, 0.29) is 11.5 Å². The fourth-order valence-corrected chi connectivity index (χ4v) is 1.98. The van der Waals surface area contributed by atoms with Crippen LogP contribution in [-0.2, 0) is 7.05 Å². The first kappa shape index (κ1) is 13.1. The van der Waals surface area contributed by atoms with Gasteiger partial charge in [-0.05, 0) is 31.0 Å². The predicted molar refractivity (Wildman–Crippen MR) is 75.6 cm³/mol. The lowest BCUT2D eigenvalue weighted by Gasteiger charge is -2.12. The van der Waals surface area contributed by atoms with E-state index in [0.29, 0.717) is 5.69 Å². The molecule has 0 fully saturated rings. The molecule has 4 nitrogen and oxygen atoms in total. The Hall–Kier alpha value is -2.36. The van der Waals surface area contributed by atoms with Crippen LogP contribution in [-0.4, -0.2) is 10.5 Å². The Labute approximate surface area is 111 Å². The number of benzene rings is 1. The predicted octanol–water partition coefficient (Wildman–Crippen LogP) is 2.25. The maximum atomic E-state index is 12.2. The minimum Gasteiger partial charge on any atom is -0.320 e. The Bertz CT molecular complexity index is 667. The SMILES string of the molecule is Cc1cccc(C)c1NC(=O)c1cccc(=O)n1C. The van der Waals surface area contributed by atoms with Gasteiger partial charge in [0, 0.05) is 18.8 Å². The molecule has 0 saturated heterocycles. The summed E-state index contributed by atoms with van der Waals surface area (Å²) in [6.45, 7) is 3.87. The molecular weight excluding hydrogens is 240 g/mol. The Morgan fingerprint density at radius 3 is 2.26 bits per heavy atom. The maximum absolute atomic E-state index is 12.2. The fourth-order valence-electron chi connectivity index (χ4n) is 1.98. The average Bonchev–Trinajstić information content (AvgIpc) is 2.37. The summed E-state index contributed by atoms with van der Waals surface area (Å²) in [7, 11) is 1.59. The molecule has 1 amide bonds. The summed E-state index contributed by atoms with van der Waals surface area (Å²) in [5, 5.41) is 2.86. The summed E-state index contributed by atoms with van der Waals surface area (Å²) in [6.07, 6.45) is 0. The number of aromatic nitrogens is 1. The van der Waals surface area contributed by atoms with Crippen molar-refractivity contribution in [1.82, 2.24) is 4.57 Å². The molecular formula is C15H16N2O2. The molecule has 2 rings (SSSR count). The van der Waals surface area contributed by atoms with Gasteiger partial charge in [-0.2, -0.15) is 0 Å². The van der Waals surface area contributed by atoms with Gasteiger partial charge in [0.1, 0.15) is 5.69 Å². The van der Waals surface area contributed by atoms with Crippen molar-refractivity contribution in [2.24, 2.45) is 7.05 Å². The minimum absolute atomic E-state index is 0.200. The van der Waals surface area contributed by atoms with Crippen molar-refractivity contribution in [1.29, 1.82) is 0 Å². The molecule has 0 spiro atoms. The second-order valence-corrected chi connectivity index (χ2v) is 4.53. The Balaban J connectivity index is 2.37. The van der Waals surface area contributed by atoms with E-state index >= 15 is 0 Å². The number of aryl methyl sites for hydroxylation is 2. The first-order valence-corrected chi connectivity index (χ1v) is 6.04. The van der Waals surface area contributed by atoms with Crippen LogP contribution in [0.15, 0.2) is 41.2 Å². The molecule has 0 radical (unpaired) electrons. The normalized spacial score (nSPS) is 10.3. The van der Waals surface area contributed by atoms with Gasteiger partial charge >= 0.3 is 0 Å². The number of nitrogens with zero attached hydrogens (tertiary/aromatic N) is 1. The number of anilines is 1. The van der Waals surface area contributed by atoms with E-state index in [1.54, 1.807) is 19.2 Å². The van der Waals surface area contributed by atoms with Gasteiger partial charge in [-0.1, -0.05) is 24.3 Å². The molecule has 0 aliphatic heterocycles. The first-order chi connectivity index (χ1) is 9.00. The van der Waals surface area contributed by atoms with E-state index in [0.717, 1.165) is 16.8 Å². The summed E-state index contributed by atoms with van der Waals surface area (Å²) in [5.41, 5.74) is 2.93. The molecule has 0 aliphatic rings. The smallest absolute Gasteiger partial charge is 0.272 e. The zero-order chi connectivity index (χ0) is 14.0. The third-order valence-corrected chi connectivity index (χ3v) is 3.14. The Morgan fingerprint density at radius 2 is 1.63 bits per heavy atom. The molecule has 2 aromatic rings. The van der Waals surface area contributed by atoms with Crippen LogP contribution >= 0.6 is 0 Å². The highest BCUT2D eigenvalue weighted by Gasteiger charge is 2.12. The van der Waals surface area contributed by atoms with Crippen LogP contribution in [0.3, 0.4) is 0 Å². The van der Waals surface area contributed by atoms with Crippen molar-refractivity contribution in [2.75, 3.05) is 5.32 Å². The standard InChI is InChI=1S/C15H16N2O2/c1-10-6-4-7-11(2)14(10)16-15(19)12-8-5-9-13(18)17(12)3/h4-9H,1-3H3,(H,16,19). The van der Waals surface area contributed by atoms with Crippen molar-refractivity contribution >= 4 is 11.6 Å². The number of carbonyl (C=O) groups is 1. The number of nitrogens with one attached hydrogen (secondary N) is 1. The largest absolute Gasteiger partial charge is 0.320 e. The van der Waals surface area contributed by atoms with Gasteiger partial charge in [-0.25, -0.2) is 0 Å². The quantitative estimate of drug-likeness (QED) is 0.896. The van der Waals surface area contributed by atoms with Crippen molar-refractivity contribution in [3.8, 4) is 0 Å². The number of hydrogen-bond donors (Lipinski definition) is 1. The molecule has 1 N–H and O–H groups in total. The molecule has 19 heavy (non-hydrogen) atoms. The number of amides is 1. The number of rotatable bonds is 2. The third kappa shape index (κ3) is 2.57. The van der Waals surface area contributed by atoms with Crippen molar-refractivity contribution in [3.63, 3.8) is 0 Å². The van der Waals surface area contributed by atoms with Crippen LogP contribution in [0.2, 0.25) is 0 Å². The van der Waals surface area contributed by atoms with E-state index in [1.807, 2.05) is 32.0 Å².